The van der Waals surface area contributed by atoms with Gasteiger partial charge in [-0.05, 0) is 48.4 Å². The number of carbonyl (C=O) groups excluding carboxylic acids is 1. The molecule has 0 aliphatic carbocycles. The lowest BCUT2D eigenvalue weighted by Gasteiger charge is -2.09. The van der Waals surface area contributed by atoms with Crippen LogP contribution >= 0.6 is 0 Å². The number of carbonyl (C=O) groups is 1. The number of aryl methyl sites for hydroxylation is 1. The first-order valence-electron chi connectivity index (χ1n) is 9.86. The summed E-state index contributed by atoms with van der Waals surface area (Å²) in [6.45, 7) is 2.36. The number of amides is 1. The number of nitrogens with zero attached hydrogens (tertiary/aromatic N) is 2. The summed E-state index contributed by atoms with van der Waals surface area (Å²) in [5, 5.41) is 5.96. The van der Waals surface area contributed by atoms with Gasteiger partial charge < -0.3 is 10.6 Å². The first-order chi connectivity index (χ1) is 15.1. The van der Waals surface area contributed by atoms with E-state index in [9.17, 15) is 9.18 Å². The summed E-state index contributed by atoms with van der Waals surface area (Å²) in [6.07, 6.45) is 3.53. The zero-order chi connectivity index (χ0) is 21.6. The van der Waals surface area contributed by atoms with E-state index in [0.29, 0.717) is 23.7 Å². The van der Waals surface area contributed by atoms with Gasteiger partial charge in [-0.2, -0.15) is 0 Å². The molecule has 5 nitrogen and oxygen atoms in total. The van der Waals surface area contributed by atoms with Crippen molar-refractivity contribution in [1.29, 1.82) is 0 Å². The van der Waals surface area contributed by atoms with Gasteiger partial charge in [-0.15, -0.1) is 0 Å². The molecule has 0 saturated carbocycles. The van der Waals surface area contributed by atoms with Gasteiger partial charge in [0, 0.05) is 35.8 Å². The molecule has 154 valence electrons. The molecule has 0 bridgehead atoms. The van der Waals surface area contributed by atoms with E-state index in [1.807, 2.05) is 31.2 Å². The third-order valence-electron chi connectivity index (χ3n) is 4.75. The lowest BCUT2D eigenvalue weighted by Crippen LogP contribution is -2.22. The highest BCUT2D eigenvalue weighted by atomic mass is 19.1. The largest absolute Gasteiger partial charge is 0.348 e. The molecule has 0 atom stereocenters. The highest BCUT2D eigenvalue weighted by Gasteiger charge is 2.08. The first-order valence-corrected chi connectivity index (χ1v) is 9.86. The normalized spacial score (nSPS) is 10.5. The van der Waals surface area contributed by atoms with Gasteiger partial charge in [0.05, 0.1) is 0 Å². The molecule has 0 unspecified atom stereocenters. The molecule has 6 heteroatoms. The van der Waals surface area contributed by atoms with Crippen molar-refractivity contribution in [3.8, 4) is 11.1 Å². The standard InChI is InChI=1S/C25H21FN4O/c1-17-4-2-5-19(12-17)21-15-28-25(29-16-21)30-23-7-3-6-20(13-23)24(31)27-14-18-8-10-22(26)11-9-18/h2-13,15-16H,14H2,1H3,(H,27,31)(H,28,29,30). The molecular formula is C25H21FN4O. The molecule has 3 aromatic carbocycles. The SMILES string of the molecule is Cc1cccc(-c2cnc(Nc3cccc(C(=O)NCc4ccc(F)cc4)c3)nc2)c1. The number of hydrogen-bond donors (Lipinski definition) is 2. The summed E-state index contributed by atoms with van der Waals surface area (Å²) in [4.78, 5) is 21.2. The highest BCUT2D eigenvalue weighted by Crippen LogP contribution is 2.20. The Morgan fingerprint density at radius 3 is 2.39 bits per heavy atom. The van der Waals surface area contributed by atoms with E-state index in [2.05, 4.69) is 26.7 Å². The molecular weight excluding hydrogens is 391 g/mol. The van der Waals surface area contributed by atoms with Crippen LogP contribution in [0, 0.1) is 12.7 Å². The molecule has 0 radical (unpaired) electrons. The lowest BCUT2D eigenvalue weighted by atomic mass is 10.1. The predicted molar refractivity (Wildman–Crippen MR) is 119 cm³/mol. The molecule has 0 aliphatic rings. The van der Waals surface area contributed by atoms with Gasteiger partial charge in [0.25, 0.3) is 5.91 Å². The van der Waals surface area contributed by atoms with Crippen LogP contribution in [0.3, 0.4) is 0 Å². The molecule has 31 heavy (non-hydrogen) atoms. The number of benzene rings is 3. The smallest absolute Gasteiger partial charge is 0.251 e. The molecule has 0 saturated heterocycles. The molecule has 1 aromatic heterocycles. The molecule has 0 spiro atoms. The number of aromatic nitrogens is 2. The van der Waals surface area contributed by atoms with Crippen molar-refractivity contribution in [3.05, 3.63) is 108 Å². The highest BCUT2D eigenvalue weighted by molar-refractivity contribution is 5.95. The Bertz CT molecular complexity index is 1190. The maximum absolute atomic E-state index is 13.0. The first kappa shape index (κ1) is 20.2. The minimum Gasteiger partial charge on any atom is -0.348 e. The summed E-state index contributed by atoms with van der Waals surface area (Å²) in [6, 6.07) is 21.3. The van der Waals surface area contributed by atoms with Gasteiger partial charge in [0.15, 0.2) is 0 Å². The van der Waals surface area contributed by atoms with Crippen LogP contribution in [0.2, 0.25) is 0 Å². The summed E-state index contributed by atoms with van der Waals surface area (Å²) >= 11 is 0. The molecule has 0 aliphatic heterocycles. The Balaban J connectivity index is 1.41. The van der Waals surface area contributed by atoms with E-state index in [-0.39, 0.29) is 11.7 Å². The minimum absolute atomic E-state index is 0.219. The van der Waals surface area contributed by atoms with Gasteiger partial charge in [-0.3, -0.25) is 4.79 Å². The zero-order valence-corrected chi connectivity index (χ0v) is 17.0. The molecule has 1 heterocycles. The maximum atomic E-state index is 13.0. The Kier molecular flexibility index (Phi) is 5.98. The maximum Gasteiger partial charge on any atom is 0.251 e. The summed E-state index contributed by atoms with van der Waals surface area (Å²) in [7, 11) is 0. The molecule has 1 amide bonds. The van der Waals surface area contributed by atoms with Crippen LogP contribution < -0.4 is 10.6 Å². The number of nitrogens with one attached hydrogen (secondary N) is 2. The van der Waals surface area contributed by atoms with E-state index in [4.69, 9.17) is 0 Å². The van der Waals surface area contributed by atoms with Crippen LogP contribution in [0.4, 0.5) is 16.0 Å². The zero-order valence-electron chi connectivity index (χ0n) is 17.0. The van der Waals surface area contributed by atoms with Crippen molar-refractivity contribution in [2.75, 3.05) is 5.32 Å². The van der Waals surface area contributed by atoms with Gasteiger partial charge in [-0.25, -0.2) is 14.4 Å². The molecule has 4 aromatic rings. The second-order valence-corrected chi connectivity index (χ2v) is 7.18. The van der Waals surface area contributed by atoms with E-state index in [1.165, 1.54) is 17.7 Å². The second kappa shape index (κ2) is 9.17. The van der Waals surface area contributed by atoms with Crippen molar-refractivity contribution in [2.24, 2.45) is 0 Å². The summed E-state index contributed by atoms with van der Waals surface area (Å²) in [5.74, 6) is -0.0769. The molecule has 4 rings (SSSR count). The third kappa shape index (κ3) is 5.30. The van der Waals surface area contributed by atoms with Crippen molar-refractivity contribution in [3.63, 3.8) is 0 Å². The minimum atomic E-state index is -0.303. The van der Waals surface area contributed by atoms with Crippen molar-refractivity contribution >= 4 is 17.5 Å². The van der Waals surface area contributed by atoms with Crippen LogP contribution in [0.25, 0.3) is 11.1 Å². The van der Waals surface area contributed by atoms with Gasteiger partial charge in [-0.1, -0.05) is 48.0 Å². The second-order valence-electron chi connectivity index (χ2n) is 7.18. The summed E-state index contributed by atoms with van der Waals surface area (Å²) < 4.78 is 13.0. The Hall–Kier alpha value is -4.06. The lowest BCUT2D eigenvalue weighted by molar-refractivity contribution is 0.0951. The van der Waals surface area contributed by atoms with Gasteiger partial charge in [0.1, 0.15) is 5.82 Å². The average Bonchev–Trinajstić information content (AvgIpc) is 2.79. The van der Waals surface area contributed by atoms with Crippen molar-refractivity contribution in [1.82, 2.24) is 15.3 Å². The number of anilines is 2. The van der Waals surface area contributed by atoms with E-state index < -0.39 is 0 Å². The average molecular weight is 412 g/mol. The van der Waals surface area contributed by atoms with Crippen molar-refractivity contribution < 1.29 is 9.18 Å². The summed E-state index contributed by atoms with van der Waals surface area (Å²) in [5.41, 5.74) is 5.20. The van der Waals surface area contributed by atoms with Gasteiger partial charge in [0.2, 0.25) is 5.95 Å². The topological polar surface area (TPSA) is 66.9 Å². The van der Waals surface area contributed by atoms with E-state index in [1.54, 1.807) is 42.7 Å². The number of rotatable bonds is 6. The molecule has 2 N–H and O–H groups in total. The number of halogens is 1. The van der Waals surface area contributed by atoms with Crippen LogP contribution in [-0.4, -0.2) is 15.9 Å². The van der Waals surface area contributed by atoms with Crippen LogP contribution in [0.1, 0.15) is 21.5 Å². The quantitative estimate of drug-likeness (QED) is 0.453. The fourth-order valence-corrected chi connectivity index (χ4v) is 3.12. The molecule has 0 fully saturated rings. The fourth-order valence-electron chi connectivity index (χ4n) is 3.12. The monoisotopic (exact) mass is 412 g/mol. The van der Waals surface area contributed by atoms with Crippen LogP contribution in [-0.2, 0) is 6.54 Å². The third-order valence-corrected chi connectivity index (χ3v) is 4.75. The Morgan fingerprint density at radius 1 is 0.903 bits per heavy atom. The van der Waals surface area contributed by atoms with Gasteiger partial charge >= 0.3 is 0 Å². The Labute approximate surface area is 180 Å². The van der Waals surface area contributed by atoms with Crippen LogP contribution in [0.15, 0.2) is 85.2 Å². The predicted octanol–water partition coefficient (Wildman–Crippen LogP) is 5.26. The van der Waals surface area contributed by atoms with Crippen molar-refractivity contribution in [2.45, 2.75) is 13.5 Å². The van der Waals surface area contributed by atoms with E-state index >= 15 is 0 Å². The Morgan fingerprint density at radius 2 is 1.65 bits per heavy atom. The number of hydrogen-bond acceptors (Lipinski definition) is 4. The van der Waals surface area contributed by atoms with E-state index in [0.717, 1.165) is 16.7 Å². The fraction of sp³-hybridized carbons (Fsp3) is 0.0800. The van der Waals surface area contributed by atoms with Crippen LogP contribution in [0.5, 0.6) is 0 Å².